The molecule has 0 saturated heterocycles. The van der Waals surface area contributed by atoms with Gasteiger partial charge in [0.25, 0.3) is 0 Å². The topological polar surface area (TPSA) is 3.24 Å². The van der Waals surface area contributed by atoms with Crippen LogP contribution in [0.15, 0.2) is 200 Å². The summed E-state index contributed by atoms with van der Waals surface area (Å²) in [6, 6.07) is 74.1. The SMILES string of the molecule is CC1(C)c2ccccc2-c2c(N(c3cccc(-c4cc5ccccc5c5ccccc45)c3)c3cccc(-c4cc5ccccc5c5ccccc45)c3)cccc21. The van der Waals surface area contributed by atoms with Gasteiger partial charge in [0.05, 0.1) is 5.69 Å². The molecule has 0 amide bonds. The Kier molecular flexibility index (Phi) is 7.28. The second kappa shape index (κ2) is 12.5. The molecule has 10 aromatic carbocycles. The first-order valence-electron chi connectivity index (χ1n) is 19.6. The monoisotopic (exact) mass is 713 g/mol. The Hall–Kier alpha value is -6.96. The van der Waals surface area contributed by atoms with E-state index in [0.29, 0.717) is 0 Å². The maximum atomic E-state index is 2.50. The van der Waals surface area contributed by atoms with Crippen LogP contribution >= 0.6 is 0 Å². The molecule has 0 unspecified atom stereocenters. The lowest BCUT2D eigenvalue weighted by Gasteiger charge is -2.29. The summed E-state index contributed by atoms with van der Waals surface area (Å²) in [4.78, 5) is 2.50. The molecule has 0 aromatic heterocycles. The standard InChI is InChI=1S/C55H39N/c1-55(2)51-29-12-11-28-48(51)54-52(55)30-15-31-53(54)56(40-20-13-18-36(32-40)49-34-38-16-3-5-22-42(38)44-24-7-9-26-46(44)49)41-21-14-19-37(33-41)50-35-39-17-4-6-23-43(39)45-25-8-10-27-47(45)50/h3-35H,1-2H3. The third-order valence-electron chi connectivity index (χ3n) is 12.2. The highest BCUT2D eigenvalue weighted by Gasteiger charge is 2.37. The van der Waals surface area contributed by atoms with E-state index in [4.69, 9.17) is 0 Å². The molecule has 0 heterocycles. The molecule has 0 saturated carbocycles. The molecular weight excluding hydrogens is 675 g/mol. The zero-order valence-corrected chi connectivity index (χ0v) is 31.5. The van der Waals surface area contributed by atoms with Gasteiger partial charge in [-0.05, 0) is 124 Å². The van der Waals surface area contributed by atoms with E-state index in [0.717, 1.165) is 11.4 Å². The first-order chi connectivity index (χ1) is 27.5. The van der Waals surface area contributed by atoms with Crippen LogP contribution in [-0.2, 0) is 5.41 Å². The fourth-order valence-electron chi connectivity index (χ4n) is 9.56. The summed E-state index contributed by atoms with van der Waals surface area (Å²) in [7, 11) is 0. The molecule has 0 spiro atoms. The smallest absolute Gasteiger partial charge is 0.0543 e. The molecule has 0 atom stereocenters. The second-order valence-corrected chi connectivity index (χ2v) is 15.7. The molecule has 1 aliphatic carbocycles. The summed E-state index contributed by atoms with van der Waals surface area (Å²) in [5.41, 5.74) is 13.5. The Bertz CT molecular complexity index is 3020. The molecule has 1 aliphatic rings. The van der Waals surface area contributed by atoms with Crippen molar-refractivity contribution in [3.8, 4) is 33.4 Å². The summed E-state index contributed by atoms with van der Waals surface area (Å²) in [5, 5.41) is 10.1. The predicted octanol–water partition coefficient (Wildman–Crippen LogP) is 15.4. The Labute approximate surface area is 327 Å². The second-order valence-electron chi connectivity index (χ2n) is 15.7. The highest BCUT2D eigenvalue weighted by molar-refractivity contribution is 6.15. The van der Waals surface area contributed by atoms with Gasteiger partial charge in [-0.3, -0.25) is 0 Å². The molecule has 56 heavy (non-hydrogen) atoms. The van der Waals surface area contributed by atoms with E-state index in [9.17, 15) is 0 Å². The van der Waals surface area contributed by atoms with Gasteiger partial charge in [0, 0.05) is 22.4 Å². The maximum Gasteiger partial charge on any atom is 0.0543 e. The van der Waals surface area contributed by atoms with Gasteiger partial charge in [-0.15, -0.1) is 0 Å². The average molecular weight is 714 g/mol. The van der Waals surface area contributed by atoms with Crippen molar-refractivity contribution < 1.29 is 0 Å². The number of hydrogen-bond donors (Lipinski definition) is 0. The van der Waals surface area contributed by atoms with Crippen LogP contribution in [0.3, 0.4) is 0 Å². The Balaban J connectivity index is 1.17. The minimum absolute atomic E-state index is 0.120. The van der Waals surface area contributed by atoms with Crippen molar-refractivity contribution in [2.24, 2.45) is 0 Å². The summed E-state index contributed by atoms with van der Waals surface area (Å²) >= 11 is 0. The first kappa shape index (κ1) is 32.5. The van der Waals surface area contributed by atoms with Crippen molar-refractivity contribution in [2.75, 3.05) is 4.90 Å². The first-order valence-corrected chi connectivity index (χ1v) is 19.6. The molecular formula is C55H39N. The van der Waals surface area contributed by atoms with Crippen LogP contribution in [-0.4, -0.2) is 0 Å². The number of anilines is 3. The summed E-state index contributed by atoms with van der Waals surface area (Å²) < 4.78 is 0. The van der Waals surface area contributed by atoms with Gasteiger partial charge >= 0.3 is 0 Å². The molecule has 0 fully saturated rings. The van der Waals surface area contributed by atoms with E-state index >= 15 is 0 Å². The van der Waals surface area contributed by atoms with Gasteiger partial charge in [-0.1, -0.05) is 172 Å². The molecule has 0 radical (unpaired) electrons. The largest absolute Gasteiger partial charge is 0.310 e. The summed E-state index contributed by atoms with van der Waals surface area (Å²) in [5.74, 6) is 0. The molecule has 264 valence electrons. The van der Waals surface area contributed by atoms with Gasteiger partial charge in [0.1, 0.15) is 0 Å². The molecule has 0 N–H and O–H groups in total. The average Bonchev–Trinajstić information content (AvgIpc) is 3.49. The zero-order chi connectivity index (χ0) is 37.4. The lowest BCUT2D eigenvalue weighted by atomic mass is 9.82. The fourth-order valence-corrected chi connectivity index (χ4v) is 9.56. The maximum absolute atomic E-state index is 2.50. The summed E-state index contributed by atoms with van der Waals surface area (Å²) in [6.07, 6.45) is 0. The molecule has 10 aromatic rings. The fraction of sp³-hybridized carbons (Fsp3) is 0.0545. The van der Waals surface area contributed by atoms with E-state index < -0.39 is 0 Å². The van der Waals surface area contributed by atoms with E-state index in [2.05, 4.69) is 219 Å². The number of hydrogen-bond acceptors (Lipinski definition) is 1. The van der Waals surface area contributed by atoms with Gasteiger partial charge in [-0.25, -0.2) is 0 Å². The molecule has 1 nitrogen and oxygen atoms in total. The van der Waals surface area contributed by atoms with Gasteiger partial charge in [0.2, 0.25) is 0 Å². The Morgan fingerprint density at radius 2 is 0.786 bits per heavy atom. The van der Waals surface area contributed by atoms with Crippen LogP contribution in [0.1, 0.15) is 25.0 Å². The van der Waals surface area contributed by atoms with Crippen molar-refractivity contribution in [1.82, 2.24) is 0 Å². The van der Waals surface area contributed by atoms with Crippen molar-refractivity contribution in [1.29, 1.82) is 0 Å². The molecule has 0 bridgehead atoms. The molecule has 0 aliphatic heterocycles. The van der Waals surface area contributed by atoms with Crippen molar-refractivity contribution in [2.45, 2.75) is 19.3 Å². The Morgan fingerprint density at radius 1 is 0.339 bits per heavy atom. The van der Waals surface area contributed by atoms with E-state index in [1.807, 2.05) is 0 Å². The van der Waals surface area contributed by atoms with Crippen LogP contribution in [0.2, 0.25) is 0 Å². The van der Waals surface area contributed by atoms with Gasteiger partial charge in [0.15, 0.2) is 0 Å². The minimum Gasteiger partial charge on any atom is -0.310 e. The van der Waals surface area contributed by atoms with Crippen LogP contribution in [0.25, 0.3) is 76.5 Å². The normalized spacial score (nSPS) is 13.0. The van der Waals surface area contributed by atoms with Gasteiger partial charge < -0.3 is 4.90 Å². The van der Waals surface area contributed by atoms with Gasteiger partial charge in [-0.2, -0.15) is 0 Å². The van der Waals surface area contributed by atoms with Crippen LogP contribution in [0, 0.1) is 0 Å². The highest BCUT2D eigenvalue weighted by Crippen LogP contribution is 2.54. The number of rotatable bonds is 5. The lowest BCUT2D eigenvalue weighted by molar-refractivity contribution is 0.660. The van der Waals surface area contributed by atoms with E-state index in [-0.39, 0.29) is 5.41 Å². The van der Waals surface area contributed by atoms with E-state index in [1.165, 1.54) is 93.3 Å². The quantitative estimate of drug-likeness (QED) is 0.161. The molecule has 1 heteroatoms. The minimum atomic E-state index is -0.120. The van der Waals surface area contributed by atoms with Crippen molar-refractivity contribution in [3.63, 3.8) is 0 Å². The third-order valence-corrected chi connectivity index (χ3v) is 12.2. The van der Waals surface area contributed by atoms with Crippen LogP contribution < -0.4 is 4.90 Å². The lowest BCUT2D eigenvalue weighted by Crippen LogP contribution is -2.16. The predicted molar refractivity (Wildman–Crippen MR) is 240 cm³/mol. The van der Waals surface area contributed by atoms with Crippen molar-refractivity contribution in [3.05, 3.63) is 211 Å². The summed E-state index contributed by atoms with van der Waals surface area (Å²) in [6.45, 7) is 4.73. The van der Waals surface area contributed by atoms with Crippen molar-refractivity contribution >= 4 is 60.2 Å². The zero-order valence-electron chi connectivity index (χ0n) is 31.5. The number of benzene rings is 10. The third kappa shape index (κ3) is 4.94. The molecule has 11 rings (SSSR count). The Morgan fingerprint density at radius 3 is 1.36 bits per heavy atom. The number of nitrogens with zero attached hydrogens (tertiary/aromatic N) is 1. The van der Waals surface area contributed by atoms with E-state index in [1.54, 1.807) is 0 Å². The van der Waals surface area contributed by atoms with Crippen LogP contribution in [0.4, 0.5) is 17.1 Å². The highest BCUT2D eigenvalue weighted by atomic mass is 15.1. The van der Waals surface area contributed by atoms with Crippen LogP contribution in [0.5, 0.6) is 0 Å². The number of fused-ring (bicyclic) bond motifs is 9.